The summed E-state index contributed by atoms with van der Waals surface area (Å²) in [5.74, 6) is -0.000989. The molecule has 0 fully saturated rings. The van der Waals surface area contributed by atoms with Gasteiger partial charge in [-0.15, -0.1) is 11.3 Å². The topological polar surface area (TPSA) is 88.2 Å². The SMILES string of the molecule is CC(C)c1nc(CNC(=O)c2cccc(S(=O)(=O)NCc3ccccc3)c2)cs1. The maximum atomic E-state index is 12.6. The molecule has 152 valence electrons. The van der Waals surface area contributed by atoms with Gasteiger partial charge in [0.1, 0.15) is 0 Å². The minimum Gasteiger partial charge on any atom is -0.346 e. The quantitative estimate of drug-likeness (QED) is 0.572. The summed E-state index contributed by atoms with van der Waals surface area (Å²) in [5, 5.41) is 5.73. The van der Waals surface area contributed by atoms with Gasteiger partial charge in [0.2, 0.25) is 10.0 Å². The number of thiazole rings is 1. The molecule has 0 radical (unpaired) electrons. The van der Waals surface area contributed by atoms with Crippen LogP contribution in [0.1, 0.15) is 46.4 Å². The molecule has 0 saturated heterocycles. The van der Waals surface area contributed by atoms with Crippen LogP contribution in [0.2, 0.25) is 0 Å². The monoisotopic (exact) mass is 429 g/mol. The summed E-state index contributed by atoms with van der Waals surface area (Å²) in [6.07, 6.45) is 0. The van der Waals surface area contributed by atoms with E-state index in [1.165, 1.54) is 12.1 Å². The van der Waals surface area contributed by atoms with E-state index in [1.54, 1.807) is 23.5 Å². The third-order valence-electron chi connectivity index (χ3n) is 4.21. The van der Waals surface area contributed by atoms with E-state index in [4.69, 9.17) is 0 Å². The number of sulfonamides is 1. The molecule has 0 aliphatic rings. The smallest absolute Gasteiger partial charge is 0.251 e. The van der Waals surface area contributed by atoms with Crippen molar-refractivity contribution >= 4 is 27.3 Å². The van der Waals surface area contributed by atoms with E-state index >= 15 is 0 Å². The number of carbonyl (C=O) groups is 1. The number of benzene rings is 2. The Bertz CT molecular complexity index is 1080. The molecule has 3 aromatic rings. The lowest BCUT2D eigenvalue weighted by Gasteiger charge is -2.09. The van der Waals surface area contributed by atoms with E-state index in [9.17, 15) is 13.2 Å². The minimum absolute atomic E-state index is 0.0526. The molecule has 6 nitrogen and oxygen atoms in total. The molecule has 3 rings (SSSR count). The molecule has 2 N–H and O–H groups in total. The third-order valence-corrected chi connectivity index (χ3v) is 6.80. The third kappa shape index (κ3) is 5.72. The van der Waals surface area contributed by atoms with Gasteiger partial charge in [0.05, 0.1) is 22.1 Å². The molecule has 0 unspecified atom stereocenters. The lowest BCUT2D eigenvalue weighted by molar-refractivity contribution is 0.0950. The van der Waals surface area contributed by atoms with Gasteiger partial charge in [-0.3, -0.25) is 4.79 Å². The van der Waals surface area contributed by atoms with Crippen molar-refractivity contribution in [1.82, 2.24) is 15.0 Å². The summed E-state index contributed by atoms with van der Waals surface area (Å²) >= 11 is 1.56. The number of nitrogens with one attached hydrogen (secondary N) is 2. The van der Waals surface area contributed by atoms with Crippen molar-refractivity contribution in [2.45, 2.75) is 37.8 Å². The van der Waals surface area contributed by atoms with Gasteiger partial charge in [0.25, 0.3) is 5.91 Å². The van der Waals surface area contributed by atoms with Gasteiger partial charge in [-0.2, -0.15) is 0 Å². The second-order valence-electron chi connectivity index (χ2n) is 6.85. The zero-order valence-corrected chi connectivity index (χ0v) is 17.9. The number of hydrogen-bond donors (Lipinski definition) is 2. The average molecular weight is 430 g/mol. The average Bonchev–Trinajstić information content (AvgIpc) is 3.21. The van der Waals surface area contributed by atoms with E-state index in [1.807, 2.05) is 35.7 Å². The van der Waals surface area contributed by atoms with E-state index < -0.39 is 10.0 Å². The summed E-state index contributed by atoms with van der Waals surface area (Å²) < 4.78 is 27.7. The van der Waals surface area contributed by atoms with Crippen molar-refractivity contribution in [3.8, 4) is 0 Å². The molecule has 0 aliphatic carbocycles. The number of nitrogens with zero attached hydrogens (tertiary/aromatic N) is 1. The van der Waals surface area contributed by atoms with Crippen LogP contribution >= 0.6 is 11.3 Å². The van der Waals surface area contributed by atoms with Crippen molar-refractivity contribution in [3.05, 3.63) is 81.8 Å². The minimum atomic E-state index is -3.73. The highest BCUT2D eigenvalue weighted by Crippen LogP contribution is 2.19. The molecule has 2 aromatic carbocycles. The lowest BCUT2D eigenvalue weighted by Crippen LogP contribution is -2.25. The van der Waals surface area contributed by atoms with Crippen LogP contribution in [0.5, 0.6) is 0 Å². The molecule has 1 heterocycles. The van der Waals surface area contributed by atoms with Crippen LogP contribution < -0.4 is 10.0 Å². The van der Waals surface area contributed by atoms with Gasteiger partial charge in [0.15, 0.2) is 0 Å². The second kappa shape index (κ2) is 9.30. The Balaban J connectivity index is 1.65. The number of amides is 1. The fourth-order valence-electron chi connectivity index (χ4n) is 2.60. The normalized spacial score (nSPS) is 11.6. The Morgan fingerprint density at radius 2 is 1.83 bits per heavy atom. The van der Waals surface area contributed by atoms with Crippen LogP contribution in [-0.2, 0) is 23.1 Å². The van der Waals surface area contributed by atoms with Crippen molar-refractivity contribution in [3.63, 3.8) is 0 Å². The number of aromatic nitrogens is 1. The first kappa shape index (κ1) is 21.2. The Kier molecular flexibility index (Phi) is 6.79. The Labute approximate surface area is 175 Å². The Morgan fingerprint density at radius 3 is 2.52 bits per heavy atom. The molecule has 0 saturated carbocycles. The largest absolute Gasteiger partial charge is 0.346 e. The van der Waals surface area contributed by atoms with Gasteiger partial charge in [-0.05, 0) is 23.8 Å². The standard InChI is InChI=1S/C21H23N3O3S2/c1-15(2)21-24-18(14-28-21)13-22-20(25)17-9-6-10-19(11-17)29(26,27)23-12-16-7-4-3-5-8-16/h3-11,14-15,23H,12-13H2,1-2H3,(H,22,25). The van der Waals surface area contributed by atoms with Crippen LogP contribution in [0, 0.1) is 0 Å². The molecule has 1 amide bonds. The number of rotatable bonds is 8. The van der Waals surface area contributed by atoms with Gasteiger partial charge in [-0.25, -0.2) is 18.1 Å². The Morgan fingerprint density at radius 1 is 1.07 bits per heavy atom. The number of hydrogen-bond acceptors (Lipinski definition) is 5. The highest BCUT2D eigenvalue weighted by Gasteiger charge is 2.16. The van der Waals surface area contributed by atoms with Crippen LogP contribution in [0.3, 0.4) is 0 Å². The van der Waals surface area contributed by atoms with Crippen molar-refractivity contribution in [2.75, 3.05) is 0 Å². The predicted octanol–water partition coefficient (Wildman–Crippen LogP) is 3.68. The predicted molar refractivity (Wildman–Crippen MR) is 114 cm³/mol. The van der Waals surface area contributed by atoms with E-state index in [0.29, 0.717) is 12.5 Å². The zero-order valence-electron chi connectivity index (χ0n) is 16.3. The molecule has 0 atom stereocenters. The molecule has 8 heteroatoms. The summed E-state index contributed by atoms with van der Waals surface area (Å²) in [6, 6.07) is 15.3. The summed E-state index contributed by atoms with van der Waals surface area (Å²) in [6.45, 7) is 4.62. The maximum absolute atomic E-state index is 12.6. The summed E-state index contributed by atoms with van der Waals surface area (Å²) in [4.78, 5) is 17.0. The van der Waals surface area contributed by atoms with Gasteiger partial charge >= 0.3 is 0 Å². The van der Waals surface area contributed by atoms with Crippen molar-refractivity contribution in [1.29, 1.82) is 0 Å². The summed E-state index contributed by atoms with van der Waals surface area (Å²) in [5.41, 5.74) is 1.93. The molecular formula is C21H23N3O3S2. The first-order valence-corrected chi connectivity index (χ1v) is 11.6. The fourth-order valence-corrected chi connectivity index (χ4v) is 4.50. The van der Waals surface area contributed by atoms with Gasteiger partial charge in [-0.1, -0.05) is 50.2 Å². The van der Waals surface area contributed by atoms with Crippen molar-refractivity contribution in [2.24, 2.45) is 0 Å². The number of carbonyl (C=O) groups excluding carboxylic acids is 1. The lowest BCUT2D eigenvalue weighted by atomic mass is 10.2. The second-order valence-corrected chi connectivity index (χ2v) is 9.51. The molecular weight excluding hydrogens is 406 g/mol. The van der Waals surface area contributed by atoms with Gasteiger partial charge < -0.3 is 5.32 Å². The molecule has 29 heavy (non-hydrogen) atoms. The van der Waals surface area contributed by atoms with Crippen LogP contribution in [-0.4, -0.2) is 19.3 Å². The molecule has 1 aromatic heterocycles. The highest BCUT2D eigenvalue weighted by atomic mass is 32.2. The zero-order chi connectivity index (χ0) is 20.9. The highest BCUT2D eigenvalue weighted by molar-refractivity contribution is 7.89. The van der Waals surface area contributed by atoms with Gasteiger partial charge in [0, 0.05) is 23.4 Å². The van der Waals surface area contributed by atoms with E-state index in [2.05, 4.69) is 28.9 Å². The van der Waals surface area contributed by atoms with Crippen LogP contribution in [0.4, 0.5) is 0 Å². The van der Waals surface area contributed by atoms with Crippen molar-refractivity contribution < 1.29 is 13.2 Å². The van der Waals surface area contributed by atoms with Crippen LogP contribution in [0.25, 0.3) is 0 Å². The first-order chi connectivity index (χ1) is 13.8. The molecule has 0 bridgehead atoms. The molecule has 0 spiro atoms. The van der Waals surface area contributed by atoms with Crippen LogP contribution in [0.15, 0.2) is 64.9 Å². The van der Waals surface area contributed by atoms with E-state index in [0.717, 1.165) is 16.3 Å². The molecule has 0 aliphatic heterocycles. The first-order valence-electron chi connectivity index (χ1n) is 9.21. The summed E-state index contributed by atoms with van der Waals surface area (Å²) in [7, 11) is -3.73. The maximum Gasteiger partial charge on any atom is 0.251 e. The van der Waals surface area contributed by atoms with E-state index in [-0.39, 0.29) is 22.9 Å². The fraction of sp³-hybridized carbons (Fsp3) is 0.238. The Hall–Kier alpha value is -2.55.